The van der Waals surface area contributed by atoms with Crippen molar-refractivity contribution in [2.24, 2.45) is 13.0 Å². The summed E-state index contributed by atoms with van der Waals surface area (Å²) >= 11 is 0. The van der Waals surface area contributed by atoms with Crippen LogP contribution in [0.1, 0.15) is 36.9 Å². The van der Waals surface area contributed by atoms with Crippen LogP contribution >= 0.6 is 0 Å². The van der Waals surface area contributed by atoms with Crippen molar-refractivity contribution in [3.8, 4) is 0 Å². The van der Waals surface area contributed by atoms with Crippen LogP contribution in [0.4, 0.5) is 20.4 Å². The summed E-state index contributed by atoms with van der Waals surface area (Å²) in [5.74, 6) is -3.87. The highest BCUT2D eigenvalue weighted by molar-refractivity contribution is 5.85. The number of alkyl halides is 2. The second kappa shape index (κ2) is 6.33. The van der Waals surface area contributed by atoms with Crippen LogP contribution in [0.5, 0.6) is 0 Å². The third-order valence-corrected chi connectivity index (χ3v) is 6.01. The van der Waals surface area contributed by atoms with Gasteiger partial charge in [-0.15, -0.1) is 0 Å². The summed E-state index contributed by atoms with van der Waals surface area (Å²) in [7, 11) is 1.83. The quantitative estimate of drug-likeness (QED) is 0.854. The number of fused-ring (bicyclic) bond motifs is 2. The normalized spacial score (nSPS) is 27.0. The fourth-order valence-corrected chi connectivity index (χ4v) is 4.45. The van der Waals surface area contributed by atoms with E-state index in [1.165, 1.54) is 0 Å². The molecule has 2 aliphatic heterocycles. The number of aryl methyl sites for hydroxylation is 2. The van der Waals surface area contributed by atoms with Crippen LogP contribution in [-0.4, -0.2) is 48.6 Å². The highest BCUT2D eigenvalue weighted by Crippen LogP contribution is 2.51. The zero-order valence-electron chi connectivity index (χ0n) is 16.3. The Morgan fingerprint density at radius 2 is 2.10 bits per heavy atom. The standard InChI is InChI=1S/C20H22F2N6O/c1-11-8-23-19(25-13-9-24-27(2)10-13)26-17(11)12-5-14-3-4-15(6-12)28(14)18(29)16-7-20(16,21)22/h5,8-10,14-16H,3-4,6-7H2,1-2H3,(H,23,25,26)/t14?,15?,16-/m0/s1. The van der Waals surface area contributed by atoms with Crippen molar-refractivity contribution in [1.82, 2.24) is 24.6 Å². The van der Waals surface area contributed by atoms with Crippen LogP contribution in [0, 0.1) is 12.8 Å². The van der Waals surface area contributed by atoms with Crippen LogP contribution < -0.4 is 5.32 Å². The molecule has 2 fully saturated rings. The largest absolute Gasteiger partial charge is 0.332 e. The number of nitrogens with one attached hydrogen (secondary N) is 1. The van der Waals surface area contributed by atoms with Gasteiger partial charge >= 0.3 is 0 Å². The Labute approximate surface area is 166 Å². The van der Waals surface area contributed by atoms with Gasteiger partial charge in [0.25, 0.3) is 5.92 Å². The first-order valence-corrected chi connectivity index (χ1v) is 9.82. The van der Waals surface area contributed by atoms with Gasteiger partial charge in [0.05, 0.1) is 23.6 Å². The molecule has 1 amide bonds. The maximum absolute atomic E-state index is 13.4. The Morgan fingerprint density at radius 3 is 2.76 bits per heavy atom. The summed E-state index contributed by atoms with van der Waals surface area (Å²) in [6.45, 7) is 1.95. The number of amides is 1. The van der Waals surface area contributed by atoms with E-state index in [4.69, 9.17) is 0 Å². The molecule has 1 saturated carbocycles. The van der Waals surface area contributed by atoms with Crippen molar-refractivity contribution >= 4 is 23.1 Å². The topological polar surface area (TPSA) is 75.9 Å². The monoisotopic (exact) mass is 400 g/mol. The van der Waals surface area contributed by atoms with Gasteiger partial charge in [0.15, 0.2) is 0 Å². The molecule has 0 radical (unpaired) electrons. The van der Waals surface area contributed by atoms with Crippen LogP contribution in [0.3, 0.4) is 0 Å². The lowest BCUT2D eigenvalue weighted by atomic mass is 9.96. The number of halogens is 2. The number of carbonyl (C=O) groups excluding carboxylic acids is 1. The first kappa shape index (κ1) is 18.2. The lowest BCUT2D eigenvalue weighted by molar-refractivity contribution is -0.137. The third kappa shape index (κ3) is 3.18. The van der Waals surface area contributed by atoms with Gasteiger partial charge in [0.1, 0.15) is 5.92 Å². The van der Waals surface area contributed by atoms with Crippen LogP contribution in [-0.2, 0) is 11.8 Å². The van der Waals surface area contributed by atoms with Gasteiger partial charge in [-0.25, -0.2) is 18.7 Å². The molecule has 5 rings (SSSR count). The zero-order chi connectivity index (χ0) is 20.3. The van der Waals surface area contributed by atoms with Gasteiger partial charge in [-0.05, 0) is 37.3 Å². The Morgan fingerprint density at radius 1 is 1.31 bits per heavy atom. The van der Waals surface area contributed by atoms with E-state index in [1.54, 1.807) is 22.0 Å². The zero-order valence-corrected chi connectivity index (χ0v) is 16.3. The minimum Gasteiger partial charge on any atom is -0.332 e. The lowest BCUT2D eigenvalue weighted by Gasteiger charge is -2.34. The number of carbonyl (C=O) groups is 1. The fourth-order valence-electron chi connectivity index (χ4n) is 4.45. The Hall–Kier alpha value is -2.84. The number of aromatic nitrogens is 4. The van der Waals surface area contributed by atoms with Gasteiger partial charge in [-0.3, -0.25) is 9.48 Å². The molecule has 152 valence electrons. The van der Waals surface area contributed by atoms with Gasteiger partial charge < -0.3 is 10.2 Å². The maximum Gasteiger partial charge on any atom is 0.260 e. The molecule has 29 heavy (non-hydrogen) atoms. The van der Waals surface area contributed by atoms with Crippen molar-refractivity contribution in [3.63, 3.8) is 0 Å². The molecule has 2 unspecified atom stereocenters. The van der Waals surface area contributed by atoms with E-state index in [0.29, 0.717) is 12.4 Å². The van der Waals surface area contributed by atoms with Crippen LogP contribution in [0.15, 0.2) is 24.7 Å². The SMILES string of the molecule is Cc1cnc(Nc2cnn(C)c2)nc1C1=CC2CCC(C1)N2C(=O)[C@@H]1CC1(F)F. The van der Waals surface area contributed by atoms with Crippen molar-refractivity contribution in [2.45, 2.75) is 50.6 Å². The average Bonchev–Trinajstić information content (AvgIpc) is 2.97. The second-order valence-corrected chi connectivity index (χ2v) is 8.21. The average molecular weight is 400 g/mol. The van der Waals surface area contributed by atoms with E-state index < -0.39 is 17.7 Å². The van der Waals surface area contributed by atoms with E-state index in [9.17, 15) is 13.6 Å². The number of nitrogens with zero attached hydrogens (tertiary/aromatic N) is 5. The molecule has 0 aromatic carbocycles. The van der Waals surface area contributed by atoms with Gasteiger partial charge in [-0.2, -0.15) is 5.10 Å². The van der Waals surface area contributed by atoms with E-state index in [-0.39, 0.29) is 18.5 Å². The summed E-state index contributed by atoms with van der Waals surface area (Å²) < 4.78 is 28.5. The highest BCUT2D eigenvalue weighted by atomic mass is 19.3. The first-order valence-electron chi connectivity index (χ1n) is 9.82. The van der Waals surface area contributed by atoms with Crippen molar-refractivity contribution in [1.29, 1.82) is 0 Å². The van der Waals surface area contributed by atoms with Crippen molar-refractivity contribution in [3.05, 3.63) is 35.9 Å². The van der Waals surface area contributed by atoms with E-state index in [2.05, 4.69) is 20.4 Å². The van der Waals surface area contributed by atoms with Crippen molar-refractivity contribution in [2.75, 3.05) is 5.32 Å². The number of rotatable bonds is 4. The number of hydrogen-bond acceptors (Lipinski definition) is 5. The molecular weight excluding hydrogens is 378 g/mol. The van der Waals surface area contributed by atoms with E-state index in [1.807, 2.05) is 26.2 Å². The molecular formula is C20H22F2N6O. The lowest BCUT2D eigenvalue weighted by Crippen LogP contribution is -2.44. The molecule has 9 heteroatoms. The van der Waals surface area contributed by atoms with Gasteiger partial charge in [0.2, 0.25) is 11.9 Å². The molecule has 2 aromatic heterocycles. The molecule has 3 aliphatic rings. The molecule has 1 N–H and O–H groups in total. The molecule has 2 bridgehead atoms. The molecule has 0 spiro atoms. The predicted molar refractivity (Wildman–Crippen MR) is 103 cm³/mol. The number of hydrogen-bond donors (Lipinski definition) is 1. The summed E-state index contributed by atoms with van der Waals surface area (Å²) in [6, 6.07) is -0.162. The van der Waals surface area contributed by atoms with Crippen LogP contribution in [0.2, 0.25) is 0 Å². The van der Waals surface area contributed by atoms with Gasteiger partial charge in [-0.1, -0.05) is 6.08 Å². The first-order chi connectivity index (χ1) is 13.8. The Balaban J connectivity index is 1.40. The van der Waals surface area contributed by atoms with Gasteiger partial charge in [0, 0.05) is 31.9 Å². The van der Waals surface area contributed by atoms with Crippen molar-refractivity contribution < 1.29 is 13.6 Å². The van der Waals surface area contributed by atoms with E-state index in [0.717, 1.165) is 35.4 Å². The molecule has 4 heterocycles. The molecule has 7 nitrogen and oxygen atoms in total. The Bertz CT molecular complexity index is 1020. The summed E-state index contributed by atoms with van der Waals surface area (Å²) in [4.78, 5) is 23.3. The highest BCUT2D eigenvalue weighted by Gasteiger charge is 2.63. The summed E-state index contributed by atoms with van der Waals surface area (Å²) in [5.41, 5.74) is 3.63. The fraction of sp³-hybridized carbons (Fsp3) is 0.500. The molecule has 1 saturated heterocycles. The smallest absolute Gasteiger partial charge is 0.260 e. The summed E-state index contributed by atoms with van der Waals surface area (Å²) in [5, 5.41) is 7.27. The number of anilines is 2. The Kier molecular flexibility index (Phi) is 3.97. The van der Waals surface area contributed by atoms with E-state index >= 15 is 0 Å². The summed E-state index contributed by atoms with van der Waals surface area (Å²) in [6.07, 6.45) is 9.29. The molecule has 3 atom stereocenters. The molecule has 1 aliphatic carbocycles. The predicted octanol–water partition coefficient (Wildman–Crippen LogP) is 3.06. The van der Waals surface area contributed by atoms with Crippen LogP contribution in [0.25, 0.3) is 5.57 Å². The minimum atomic E-state index is -2.82. The second-order valence-electron chi connectivity index (χ2n) is 8.21. The third-order valence-electron chi connectivity index (χ3n) is 6.01. The minimum absolute atomic E-state index is 0.0343. The maximum atomic E-state index is 13.4. The molecule has 2 aromatic rings.